The Bertz CT molecular complexity index is 464. The molecule has 1 aliphatic rings. The minimum absolute atomic E-state index is 0.0168. The van der Waals surface area contributed by atoms with E-state index in [4.69, 9.17) is 10.5 Å². The average Bonchev–Trinajstić information content (AvgIpc) is 3.26. The number of benzene rings is 1. The third-order valence-electron chi connectivity index (χ3n) is 3.35. The minimum Gasteiger partial charge on any atom is -0.399 e. The summed E-state index contributed by atoms with van der Waals surface area (Å²) in [4.78, 5) is 13.5. The molecule has 0 atom stereocenters. The second-order valence-electron chi connectivity index (χ2n) is 5.28. The van der Waals surface area contributed by atoms with E-state index in [1.165, 1.54) is 12.8 Å². The molecule has 0 heterocycles. The lowest BCUT2D eigenvalue weighted by Crippen LogP contribution is -2.28. The lowest BCUT2D eigenvalue weighted by atomic mass is 10.2. The third kappa shape index (κ3) is 5.05. The largest absolute Gasteiger partial charge is 0.399 e. The molecule has 0 saturated heterocycles. The smallest absolute Gasteiger partial charge is 0.246 e. The van der Waals surface area contributed by atoms with Crippen LogP contribution in [0.15, 0.2) is 30.3 Å². The lowest BCUT2D eigenvalue weighted by molar-refractivity contribution is -0.125. The van der Waals surface area contributed by atoms with E-state index in [1.54, 1.807) is 24.1 Å². The minimum atomic E-state index is -0.0168. The highest BCUT2D eigenvalue weighted by molar-refractivity contribution is 5.91. The van der Waals surface area contributed by atoms with Gasteiger partial charge in [0, 0.05) is 32.0 Å². The summed E-state index contributed by atoms with van der Waals surface area (Å²) < 4.78 is 5.52. The molecule has 1 aromatic rings. The first-order valence-electron chi connectivity index (χ1n) is 7.01. The summed E-state index contributed by atoms with van der Waals surface area (Å²) in [5, 5.41) is 0. The molecule has 0 aliphatic heterocycles. The fourth-order valence-corrected chi connectivity index (χ4v) is 1.75. The summed E-state index contributed by atoms with van der Waals surface area (Å²) in [5.74, 6) is 0.748. The maximum absolute atomic E-state index is 11.9. The van der Waals surface area contributed by atoms with Crippen molar-refractivity contribution in [2.24, 2.45) is 5.92 Å². The fraction of sp³-hybridized carbons (Fsp3) is 0.438. The highest BCUT2D eigenvalue weighted by Gasteiger charge is 2.21. The normalized spacial score (nSPS) is 14.7. The Morgan fingerprint density at radius 1 is 1.40 bits per heavy atom. The number of rotatable bonds is 7. The molecule has 0 bridgehead atoms. The van der Waals surface area contributed by atoms with Crippen molar-refractivity contribution < 1.29 is 9.53 Å². The number of hydrogen-bond donors (Lipinski definition) is 1. The van der Waals surface area contributed by atoms with Gasteiger partial charge < -0.3 is 15.4 Å². The van der Waals surface area contributed by atoms with Crippen LogP contribution in [0.25, 0.3) is 6.08 Å². The van der Waals surface area contributed by atoms with Crippen molar-refractivity contribution in [1.82, 2.24) is 4.90 Å². The molecule has 4 nitrogen and oxygen atoms in total. The molecular weight excluding hydrogens is 252 g/mol. The first-order valence-corrected chi connectivity index (χ1v) is 7.01. The molecule has 1 saturated carbocycles. The summed E-state index contributed by atoms with van der Waals surface area (Å²) >= 11 is 0. The summed E-state index contributed by atoms with van der Waals surface area (Å²) in [6.45, 7) is 2.06. The van der Waals surface area contributed by atoms with Gasteiger partial charge in [0.15, 0.2) is 0 Å². The molecule has 1 amide bonds. The molecular formula is C16H22N2O2. The van der Waals surface area contributed by atoms with E-state index in [1.807, 2.05) is 24.3 Å². The van der Waals surface area contributed by atoms with E-state index in [2.05, 4.69) is 0 Å². The zero-order valence-electron chi connectivity index (χ0n) is 11.9. The molecule has 4 heteroatoms. The van der Waals surface area contributed by atoms with Gasteiger partial charge in [-0.2, -0.15) is 0 Å². The summed E-state index contributed by atoms with van der Waals surface area (Å²) in [5.41, 5.74) is 7.30. The average molecular weight is 274 g/mol. The number of anilines is 1. The first kappa shape index (κ1) is 14.6. The van der Waals surface area contributed by atoms with Gasteiger partial charge in [0.1, 0.15) is 0 Å². The second kappa shape index (κ2) is 7.10. The number of hydrogen-bond acceptors (Lipinski definition) is 3. The highest BCUT2D eigenvalue weighted by Crippen LogP contribution is 2.28. The predicted molar refractivity (Wildman–Crippen MR) is 81.1 cm³/mol. The van der Waals surface area contributed by atoms with Crippen molar-refractivity contribution in [3.8, 4) is 0 Å². The van der Waals surface area contributed by atoms with E-state index in [-0.39, 0.29) is 5.91 Å². The molecule has 2 N–H and O–H groups in total. The van der Waals surface area contributed by atoms with Gasteiger partial charge in [-0.3, -0.25) is 4.79 Å². The van der Waals surface area contributed by atoms with Crippen LogP contribution < -0.4 is 5.73 Å². The molecule has 0 unspecified atom stereocenters. The van der Waals surface area contributed by atoms with Gasteiger partial charge in [-0.05, 0) is 42.5 Å². The molecule has 0 spiro atoms. The highest BCUT2D eigenvalue weighted by atomic mass is 16.5. The number of ether oxygens (including phenoxy) is 1. The maximum atomic E-state index is 11.9. The van der Waals surface area contributed by atoms with Crippen molar-refractivity contribution >= 4 is 17.7 Å². The quantitative estimate of drug-likeness (QED) is 0.471. The number of carbonyl (C=O) groups excluding carboxylic acids is 1. The van der Waals surface area contributed by atoms with E-state index in [0.29, 0.717) is 13.2 Å². The standard InChI is InChI=1S/C16H22N2O2/c1-18(10-11-20-12-14-2-3-14)16(19)9-6-13-4-7-15(17)8-5-13/h4-9,14H,2-3,10-12,17H2,1H3/b9-6+. The van der Waals surface area contributed by atoms with Gasteiger partial charge in [0.05, 0.1) is 6.61 Å². The van der Waals surface area contributed by atoms with Crippen LogP contribution in [0.1, 0.15) is 18.4 Å². The van der Waals surface area contributed by atoms with Crippen molar-refractivity contribution in [2.75, 3.05) is 32.5 Å². The summed E-state index contributed by atoms with van der Waals surface area (Å²) in [6.07, 6.45) is 5.95. The number of amides is 1. The molecule has 1 fully saturated rings. The topological polar surface area (TPSA) is 55.6 Å². The van der Waals surface area contributed by atoms with Gasteiger partial charge in [0.25, 0.3) is 0 Å². The number of carbonyl (C=O) groups is 1. The first-order chi connectivity index (χ1) is 9.65. The molecule has 2 rings (SSSR count). The molecule has 0 aromatic heterocycles. The molecule has 20 heavy (non-hydrogen) atoms. The Morgan fingerprint density at radius 3 is 2.75 bits per heavy atom. The van der Waals surface area contributed by atoms with Crippen LogP contribution in [-0.2, 0) is 9.53 Å². The molecule has 1 aliphatic carbocycles. The Kier molecular flexibility index (Phi) is 5.18. The van der Waals surface area contributed by atoms with Gasteiger partial charge in [-0.15, -0.1) is 0 Å². The van der Waals surface area contributed by atoms with Gasteiger partial charge in [0.2, 0.25) is 5.91 Å². The third-order valence-corrected chi connectivity index (χ3v) is 3.35. The van der Waals surface area contributed by atoms with Crippen LogP contribution in [0, 0.1) is 5.92 Å². The Labute approximate surface area is 120 Å². The van der Waals surface area contributed by atoms with Crippen LogP contribution in [0.3, 0.4) is 0 Å². The lowest BCUT2D eigenvalue weighted by Gasteiger charge is -2.14. The number of likely N-dealkylation sites (N-methyl/N-ethyl adjacent to an activating group) is 1. The molecule has 1 aromatic carbocycles. The van der Waals surface area contributed by atoms with E-state index in [0.717, 1.165) is 23.8 Å². The van der Waals surface area contributed by atoms with Crippen molar-refractivity contribution in [3.63, 3.8) is 0 Å². The fourth-order valence-electron chi connectivity index (χ4n) is 1.75. The zero-order chi connectivity index (χ0) is 14.4. The van der Waals surface area contributed by atoms with Crippen LogP contribution in [0.2, 0.25) is 0 Å². The van der Waals surface area contributed by atoms with E-state index < -0.39 is 0 Å². The number of nitrogens with zero attached hydrogens (tertiary/aromatic N) is 1. The van der Waals surface area contributed by atoms with Crippen LogP contribution in [-0.4, -0.2) is 37.6 Å². The van der Waals surface area contributed by atoms with Gasteiger partial charge in [-0.25, -0.2) is 0 Å². The zero-order valence-corrected chi connectivity index (χ0v) is 11.9. The van der Waals surface area contributed by atoms with Crippen LogP contribution in [0.5, 0.6) is 0 Å². The van der Waals surface area contributed by atoms with Crippen molar-refractivity contribution in [2.45, 2.75) is 12.8 Å². The maximum Gasteiger partial charge on any atom is 0.246 e. The SMILES string of the molecule is CN(CCOCC1CC1)C(=O)/C=C/c1ccc(N)cc1. The van der Waals surface area contributed by atoms with Gasteiger partial charge >= 0.3 is 0 Å². The number of nitrogen functional groups attached to an aromatic ring is 1. The summed E-state index contributed by atoms with van der Waals surface area (Å²) in [7, 11) is 1.79. The van der Waals surface area contributed by atoms with Gasteiger partial charge in [-0.1, -0.05) is 12.1 Å². The van der Waals surface area contributed by atoms with Crippen molar-refractivity contribution in [1.29, 1.82) is 0 Å². The Morgan fingerprint density at radius 2 is 2.10 bits per heavy atom. The van der Waals surface area contributed by atoms with Crippen LogP contribution >= 0.6 is 0 Å². The number of nitrogens with two attached hydrogens (primary N) is 1. The molecule has 108 valence electrons. The predicted octanol–water partition coefficient (Wildman–Crippen LogP) is 2.17. The monoisotopic (exact) mass is 274 g/mol. The Hall–Kier alpha value is -1.81. The van der Waals surface area contributed by atoms with Crippen molar-refractivity contribution in [3.05, 3.63) is 35.9 Å². The van der Waals surface area contributed by atoms with Crippen LogP contribution in [0.4, 0.5) is 5.69 Å². The van der Waals surface area contributed by atoms with E-state index >= 15 is 0 Å². The second-order valence-corrected chi connectivity index (χ2v) is 5.28. The Balaban J connectivity index is 1.70. The molecule has 0 radical (unpaired) electrons. The van der Waals surface area contributed by atoms with E-state index in [9.17, 15) is 4.79 Å². The summed E-state index contributed by atoms with van der Waals surface area (Å²) in [6, 6.07) is 7.41.